The highest BCUT2D eigenvalue weighted by atomic mass is 19.1. The van der Waals surface area contributed by atoms with Gasteiger partial charge in [-0.2, -0.15) is 4.39 Å². The Morgan fingerprint density at radius 2 is 1.31 bits per heavy atom. The monoisotopic (exact) mass is 218 g/mol. The molecule has 1 heterocycles. The first-order chi connectivity index (χ1) is 7.43. The molecule has 3 heteroatoms. The fourth-order valence-electron chi connectivity index (χ4n) is 2.19. The zero-order valence-corrected chi connectivity index (χ0v) is 10.3. The molecule has 0 aliphatic rings. The van der Waals surface area contributed by atoms with Crippen LogP contribution in [0, 0.1) is 40.7 Å². The molecule has 0 aliphatic carbocycles. The summed E-state index contributed by atoms with van der Waals surface area (Å²) >= 11 is 0. The number of nitrogens with zero attached hydrogens (tertiary/aromatic N) is 2. The molecule has 1 aromatic heterocycles. The summed E-state index contributed by atoms with van der Waals surface area (Å²) in [5.41, 5.74) is 6.07. The first kappa shape index (κ1) is 11.0. The van der Waals surface area contributed by atoms with Crippen molar-refractivity contribution in [1.82, 2.24) is 9.97 Å². The second-order valence-corrected chi connectivity index (χ2v) is 4.30. The van der Waals surface area contributed by atoms with Gasteiger partial charge in [0.05, 0.1) is 11.2 Å². The van der Waals surface area contributed by atoms with Gasteiger partial charge in [-0.1, -0.05) is 0 Å². The van der Waals surface area contributed by atoms with Crippen LogP contribution in [0.4, 0.5) is 4.39 Å². The van der Waals surface area contributed by atoms with E-state index in [1.165, 1.54) is 11.1 Å². The summed E-state index contributed by atoms with van der Waals surface area (Å²) in [7, 11) is 0. The summed E-state index contributed by atoms with van der Waals surface area (Å²) in [5, 5.41) is 0.988. The molecule has 84 valence electrons. The largest absolute Gasteiger partial charge is 0.309 e. The number of halogens is 1. The van der Waals surface area contributed by atoms with Crippen LogP contribution in [0.2, 0.25) is 0 Å². The van der Waals surface area contributed by atoms with Gasteiger partial charge in [-0.15, -0.1) is 0 Å². The van der Waals surface area contributed by atoms with Crippen molar-refractivity contribution in [3.63, 3.8) is 0 Å². The van der Waals surface area contributed by atoms with Gasteiger partial charge in [-0.3, -0.25) is 0 Å². The Balaban J connectivity index is 3.08. The second kappa shape index (κ2) is 3.51. The summed E-state index contributed by atoms with van der Waals surface area (Å²) in [6.07, 6.45) is -0.643. The van der Waals surface area contributed by atoms with Crippen molar-refractivity contribution in [2.45, 2.75) is 34.6 Å². The maximum absolute atomic E-state index is 13.2. The molecule has 2 nitrogen and oxygen atoms in total. The molecular formula is C13H15FN2. The number of aromatic nitrogens is 2. The van der Waals surface area contributed by atoms with Gasteiger partial charge in [0, 0.05) is 5.39 Å². The van der Waals surface area contributed by atoms with E-state index in [2.05, 4.69) is 16.9 Å². The maximum atomic E-state index is 13.2. The summed E-state index contributed by atoms with van der Waals surface area (Å²) in [6.45, 7) is 9.98. The van der Waals surface area contributed by atoms with Crippen LogP contribution < -0.4 is 0 Å². The summed E-state index contributed by atoms with van der Waals surface area (Å²) in [5.74, 6) is 0. The lowest BCUT2D eigenvalue weighted by atomic mass is 9.94. The predicted molar refractivity (Wildman–Crippen MR) is 63.2 cm³/mol. The zero-order chi connectivity index (χ0) is 12.0. The number of benzene rings is 1. The minimum atomic E-state index is -0.643. The number of aryl methyl sites for hydroxylation is 3. The molecule has 1 aromatic carbocycles. The Kier molecular flexibility index (Phi) is 2.41. The molecule has 0 atom stereocenters. The predicted octanol–water partition coefficient (Wildman–Crippen LogP) is 3.31. The summed E-state index contributed by atoms with van der Waals surface area (Å²) < 4.78 is 13.2. The Hall–Kier alpha value is -1.51. The Bertz CT molecular complexity index is 588. The number of fused-ring (bicyclic) bond motifs is 1. The van der Waals surface area contributed by atoms with Gasteiger partial charge < -0.3 is 0 Å². The van der Waals surface area contributed by atoms with Crippen molar-refractivity contribution < 1.29 is 4.39 Å². The zero-order valence-electron chi connectivity index (χ0n) is 10.3. The average Bonchev–Trinajstić information content (AvgIpc) is 2.22. The van der Waals surface area contributed by atoms with Crippen LogP contribution in [0.15, 0.2) is 0 Å². The molecule has 0 N–H and O–H groups in total. The van der Waals surface area contributed by atoms with Gasteiger partial charge in [-0.05, 0) is 56.9 Å². The molecule has 0 amide bonds. The van der Waals surface area contributed by atoms with Crippen LogP contribution in [0.1, 0.15) is 27.9 Å². The summed E-state index contributed by atoms with van der Waals surface area (Å²) in [6, 6.07) is 0. The van der Waals surface area contributed by atoms with Gasteiger partial charge in [0.2, 0.25) is 0 Å². The highest BCUT2D eigenvalue weighted by Gasteiger charge is 2.13. The van der Waals surface area contributed by atoms with Crippen molar-refractivity contribution >= 4 is 10.9 Å². The highest BCUT2D eigenvalue weighted by molar-refractivity contribution is 5.89. The quantitative estimate of drug-likeness (QED) is 0.634. The van der Waals surface area contributed by atoms with Gasteiger partial charge in [0.25, 0.3) is 0 Å². The van der Waals surface area contributed by atoms with Gasteiger partial charge in [-0.25, -0.2) is 9.97 Å². The molecule has 0 radical (unpaired) electrons. The normalized spacial score (nSPS) is 11.1. The topological polar surface area (TPSA) is 25.8 Å². The molecule has 0 bridgehead atoms. The van der Waals surface area contributed by atoms with Crippen molar-refractivity contribution in [2.24, 2.45) is 0 Å². The molecule has 0 fully saturated rings. The van der Waals surface area contributed by atoms with E-state index in [9.17, 15) is 4.39 Å². The molecule has 16 heavy (non-hydrogen) atoms. The lowest BCUT2D eigenvalue weighted by molar-refractivity contribution is 0.541. The van der Waals surface area contributed by atoms with Crippen molar-refractivity contribution in [2.75, 3.05) is 0 Å². The van der Waals surface area contributed by atoms with E-state index >= 15 is 0 Å². The van der Waals surface area contributed by atoms with Crippen molar-refractivity contribution in [3.05, 3.63) is 34.0 Å². The first-order valence-electron chi connectivity index (χ1n) is 5.33. The third kappa shape index (κ3) is 1.39. The van der Waals surface area contributed by atoms with Crippen LogP contribution in [0.25, 0.3) is 10.9 Å². The molecule has 0 saturated carbocycles. The van der Waals surface area contributed by atoms with E-state index in [4.69, 9.17) is 0 Å². The van der Waals surface area contributed by atoms with E-state index in [1.807, 2.05) is 27.7 Å². The third-order valence-electron chi connectivity index (χ3n) is 3.48. The fourth-order valence-corrected chi connectivity index (χ4v) is 2.19. The lowest BCUT2D eigenvalue weighted by Crippen LogP contribution is -2.01. The van der Waals surface area contributed by atoms with E-state index in [0.29, 0.717) is 5.69 Å². The van der Waals surface area contributed by atoms with E-state index < -0.39 is 6.08 Å². The SMILES string of the molecule is Cc1c(C)c(C)c2c(C)nc(F)nc2c1C. The van der Waals surface area contributed by atoms with Crippen molar-refractivity contribution in [1.29, 1.82) is 0 Å². The van der Waals surface area contributed by atoms with Gasteiger partial charge in [0.1, 0.15) is 0 Å². The first-order valence-corrected chi connectivity index (χ1v) is 5.33. The van der Waals surface area contributed by atoms with Gasteiger partial charge in [0.15, 0.2) is 0 Å². The molecule has 0 spiro atoms. The lowest BCUT2D eigenvalue weighted by Gasteiger charge is -2.14. The second-order valence-electron chi connectivity index (χ2n) is 4.30. The van der Waals surface area contributed by atoms with E-state index in [1.54, 1.807) is 0 Å². The molecular weight excluding hydrogens is 203 g/mol. The molecule has 2 aromatic rings. The van der Waals surface area contributed by atoms with Crippen LogP contribution >= 0.6 is 0 Å². The average molecular weight is 218 g/mol. The smallest absolute Gasteiger partial charge is 0.207 e. The Morgan fingerprint density at radius 1 is 0.750 bits per heavy atom. The molecule has 0 unspecified atom stereocenters. The third-order valence-corrected chi connectivity index (χ3v) is 3.48. The number of hydrogen-bond acceptors (Lipinski definition) is 2. The molecule has 2 rings (SSSR count). The van der Waals surface area contributed by atoms with E-state index in [-0.39, 0.29) is 0 Å². The highest BCUT2D eigenvalue weighted by Crippen LogP contribution is 2.29. The minimum Gasteiger partial charge on any atom is -0.207 e. The number of rotatable bonds is 0. The van der Waals surface area contributed by atoms with Gasteiger partial charge >= 0.3 is 6.08 Å². The van der Waals surface area contributed by atoms with Crippen LogP contribution in [0.3, 0.4) is 0 Å². The number of hydrogen-bond donors (Lipinski definition) is 0. The Labute approximate surface area is 94.5 Å². The van der Waals surface area contributed by atoms with E-state index in [0.717, 1.165) is 22.0 Å². The van der Waals surface area contributed by atoms with Crippen molar-refractivity contribution in [3.8, 4) is 0 Å². The van der Waals surface area contributed by atoms with Crippen LogP contribution in [-0.2, 0) is 0 Å². The molecule has 0 aliphatic heterocycles. The van der Waals surface area contributed by atoms with Crippen LogP contribution in [0.5, 0.6) is 0 Å². The Morgan fingerprint density at radius 3 is 1.94 bits per heavy atom. The maximum Gasteiger partial charge on any atom is 0.309 e. The minimum absolute atomic E-state index is 0.643. The summed E-state index contributed by atoms with van der Waals surface area (Å²) in [4.78, 5) is 7.72. The standard InChI is InChI=1S/C13H15FN2/c1-6-7(2)9(4)12-11(8(6)3)10(5)15-13(14)16-12/h1-5H3. The molecule has 0 saturated heterocycles. The fraction of sp³-hybridized carbons (Fsp3) is 0.385. The van der Waals surface area contributed by atoms with Crippen LogP contribution in [-0.4, -0.2) is 9.97 Å².